The van der Waals surface area contributed by atoms with E-state index < -0.39 is 5.60 Å². The molecule has 0 bridgehead atoms. The van der Waals surface area contributed by atoms with Gasteiger partial charge in [-0.3, -0.25) is 4.79 Å². The van der Waals surface area contributed by atoms with Gasteiger partial charge in [0, 0.05) is 5.41 Å². The molecule has 5 rings (SSSR count). The fourth-order valence-electron chi connectivity index (χ4n) is 8.30. The first-order valence-electron chi connectivity index (χ1n) is 10.2. The third-order valence-electron chi connectivity index (χ3n) is 9.59. The van der Waals surface area contributed by atoms with E-state index in [4.69, 9.17) is 4.74 Å². The van der Waals surface area contributed by atoms with E-state index in [1.54, 1.807) is 6.92 Å². The van der Waals surface area contributed by atoms with E-state index >= 15 is 0 Å². The molecule has 3 nitrogen and oxygen atoms in total. The second-order valence-electron chi connectivity index (χ2n) is 10.2. The normalized spacial score (nSPS) is 61.3. The Bertz CT molecular complexity index is 588. The van der Waals surface area contributed by atoms with Crippen molar-refractivity contribution >= 4 is 5.78 Å². The van der Waals surface area contributed by atoms with Crippen LogP contribution in [-0.4, -0.2) is 28.7 Å². The number of epoxide rings is 1. The van der Waals surface area contributed by atoms with Crippen molar-refractivity contribution in [2.45, 2.75) is 89.9 Å². The highest BCUT2D eigenvalue weighted by atomic mass is 16.6. The van der Waals surface area contributed by atoms with Gasteiger partial charge in [0.05, 0.1) is 12.2 Å². The molecule has 0 aromatic carbocycles. The smallest absolute Gasteiger partial charge is 0.164 e. The van der Waals surface area contributed by atoms with Gasteiger partial charge in [0.25, 0.3) is 0 Å². The lowest BCUT2D eigenvalue weighted by molar-refractivity contribution is -0.151. The molecule has 4 saturated carbocycles. The molecule has 3 heteroatoms. The molecule has 0 radical (unpaired) electrons. The Balaban J connectivity index is 1.47. The summed E-state index contributed by atoms with van der Waals surface area (Å²) in [5.41, 5.74) is 0.0612. The molecule has 0 amide bonds. The molecule has 9 atom stereocenters. The summed E-state index contributed by atoms with van der Waals surface area (Å²) < 4.78 is 6.02. The lowest BCUT2D eigenvalue weighted by atomic mass is 9.44. The maximum absolute atomic E-state index is 12.4. The minimum atomic E-state index is -0.427. The quantitative estimate of drug-likeness (QED) is 0.745. The molecule has 1 saturated heterocycles. The minimum absolute atomic E-state index is 0.0676. The van der Waals surface area contributed by atoms with E-state index in [0.717, 1.165) is 37.5 Å². The average Bonchev–Trinajstić information content (AvgIpc) is 3.21. The zero-order valence-electron chi connectivity index (χ0n) is 15.4. The van der Waals surface area contributed by atoms with E-state index in [0.29, 0.717) is 17.3 Å². The number of rotatable bonds is 1. The highest BCUT2D eigenvalue weighted by molar-refractivity contribution is 5.90. The zero-order chi connectivity index (χ0) is 16.9. The molecule has 0 spiro atoms. The summed E-state index contributed by atoms with van der Waals surface area (Å²) in [6.45, 7) is 6.64. The van der Waals surface area contributed by atoms with Crippen LogP contribution in [0.15, 0.2) is 0 Å². The summed E-state index contributed by atoms with van der Waals surface area (Å²) in [4.78, 5) is 12.4. The number of Topliss-reactive ketones (excluding diaryl/α,β-unsaturated/α-hetero) is 1. The second kappa shape index (κ2) is 4.65. The highest BCUT2D eigenvalue weighted by Crippen LogP contribution is 2.73. The number of ether oxygens (including phenoxy) is 1. The van der Waals surface area contributed by atoms with Crippen LogP contribution in [0.3, 0.4) is 0 Å². The predicted molar refractivity (Wildman–Crippen MR) is 91.4 cm³/mol. The minimum Gasteiger partial charge on any atom is -0.393 e. The van der Waals surface area contributed by atoms with Crippen LogP contribution in [0.2, 0.25) is 0 Å². The van der Waals surface area contributed by atoms with Crippen LogP contribution in [-0.2, 0) is 9.53 Å². The maximum Gasteiger partial charge on any atom is 0.164 e. The van der Waals surface area contributed by atoms with E-state index in [-0.39, 0.29) is 23.4 Å². The van der Waals surface area contributed by atoms with E-state index in [1.807, 2.05) is 0 Å². The van der Waals surface area contributed by atoms with Gasteiger partial charge in [-0.05, 0) is 87.4 Å². The SMILES string of the molecule is CC(=O)[C@@]12OC1C[C@H]1[C@@H]3CC[C@H]4C[C@@H](O)CC[C@]4(C)[C@H]3CC[C@@]12C. The molecule has 0 aromatic rings. The third kappa shape index (κ3) is 1.65. The Kier molecular flexibility index (Phi) is 3.06. The van der Waals surface area contributed by atoms with Crippen molar-refractivity contribution in [3.05, 3.63) is 0 Å². The molecule has 1 heterocycles. The highest BCUT2D eigenvalue weighted by Gasteiger charge is 2.79. The van der Waals surface area contributed by atoms with Crippen LogP contribution in [0.5, 0.6) is 0 Å². The number of fused-ring (bicyclic) bond motifs is 7. The van der Waals surface area contributed by atoms with Crippen LogP contribution in [0, 0.1) is 34.5 Å². The van der Waals surface area contributed by atoms with E-state index in [2.05, 4.69) is 13.8 Å². The topological polar surface area (TPSA) is 49.8 Å². The van der Waals surface area contributed by atoms with Crippen molar-refractivity contribution < 1.29 is 14.6 Å². The summed E-state index contributed by atoms with van der Waals surface area (Å²) in [5.74, 6) is 3.22. The van der Waals surface area contributed by atoms with Crippen LogP contribution in [0.25, 0.3) is 0 Å². The molecular weight excluding hydrogens is 300 g/mol. The van der Waals surface area contributed by atoms with Crippen molar-refractivity contribution in [3.8, 4) is 0 Å². The Labute approximate surface area is 145 Å². The summed E-state index contributed by atoms with van der Waals surface area (Å²) in [6.07, 6.45) is 9.45. The number of carbonyl (C=O) groups is 1. The molecule has 134 valence electrons. The number of carbonyl (C=O) groups excluding carboxylic acids is 1. The van der Waals surface area contributed by atoms with Gasteiger partial charge in [0.2, 0.25) is 0 Å². The molecule has 5 aliphatic rings. The van der Waals surface area contributed by atoms with Gasteiger partial charge in [-0.25, -0.2) is 0 Å². The largest absolute Gasteiger partial charge is 0.393 e. The molecule has 1 N–H and O–H groups in total. The molecule has 1 aliphatic heterocycles. The number of hydrogen-bond donors (Lipinski definition) is 1. The van der Waals surface area contributed by atoms with Gasteiger partial charge in [-0.2, -0.15) is 0 Å². The van der Waals surface area contributed by atoms with Gasteiger partial charge in [0.15, 0.2) is 11.4 Å². The fourth-order valence-corrected chi connectivity index (χ4v) is 8.30. The van der Waals surface area contributed by atoms with Gasteiger partial charge in [-0.1, -0.05) is 13.8 Å². The first-order chi connectivity index (χ1) is 11.3. The molecule has 4 aliphatic carbocycles. The Morgan fingerprint density at radius 2 is 1.83 bits per heavy atom. The van der Waals surface area contributed by atoms with Gasteiger partial charge < -0.3 is 9.84 Å². The average molecular weight is 332 g/mol. The number of aliphatic hydroxyl groups is 1. The van der Waals surface area contributed by atoms with Crippen molar-refractivity contribution in [3.63, 3.8) is 0 Å². The standard InChI is InChI=1S/C21H32O3/c1-12(22)21-18(24-21)11-17-15-5-4-13-10-14(23)6-8-19(13,2)16(15)7-9-20(17,21)3/h13-18,23H,4-11H2,1-3H3/t13-,14-,15+,16-,17-,18?,19-,20-,21+/m0/s1. The van der Waals surface area contributed by atoms with Crippen LogP contribution >= 0.6 is 0 Å². The Hall–Kier alpha value is -0.410. The molecular formula is C21H32O3. The molecule has 0 aromatic heterocycles. The lowest BCUT2D eigenvalue weighted by Crippen LogP contribution is -2.56. The fraction of sp³-hybridized carbons (Fsp3) is 0.952. The van der Waals surface area contributed by atoms with Gasteiger partial charge in [-0.15, -0.1) is 0 Å². The van der Waals surface area contributed by atoms with E-state index in [9.17, 15) is 9.90 Å². The van der Waals surface area contributed by atoms with Crippen molar-refractivity contribution in [2.75, 3.05) is 0 Å². The summed E-state index contributed by atoms with van der Waals surface area (Å²) >= 11 is 0. The first-order valence-corrected chi connectivity index (χ1v) is 10.2. The third-order valence-corrected chi connectivity index (χ3v) is 9.59. The second-order valence-corrected chi connectivity index (χ2v) is 10.2. The van der Waals surface area contributed by atoms with Crippen molar-refractivity contribution in [1.29, 1.82) is 0 Å². The molecule has 1 unspecified atom stereocenters. The summed E-state index contributed by atoms with van der Waals surface area (Å²) in [5, 5.41) is 10.1. The number of hydrogen-bond acceptors (Lipinski definition) is 3. The van der Waals surface area contributed by atoms with E-state index in [1.165, 1.54) is 25.7 Å². The van der Waals surface area contributed by atoms with Gasteiger partial charge in [0.1, 0.15) is 0 Å². The van der Waals surface area contributed by atoms with Gasteiger partial charge >= 0.3 is 0 Å². The Morgan fingerprint density at radius 3 is 2.58 bits per heavy atom. The maximum atomic E-state index is 12.4. The zero-order valence-corrected chi connectivity index (χ0v) is 15.4. The Morgan fingerprint density at radius 1 is 1.04 bits per heavy atom. The molecule has 24 heavy (non-hydrogen) atoms. The summed E-state index contributed by atoms with van der Waals surface area (Å²) in [6, 6.07) is 0. The first kappa shape index (κ1) is 15.8. The summed E-state index contributed by atoms with van der Waals surface area (Å²) in [7, 11) is 0. The van der Waals surface area contributed by atoms with Crippen LogP contribution in [0.1, 0.15) is 72.1 Å². The van der Waals surface area contributed by atoms with Crippen molar-refractivity contribution in [1.82, 2.24) is 0 Å². The lowest BCUT2D eigenvalue weighted by Gasteiger charge is -2.61. The van der Waals surface area contributed by atoms with Crippen LogP contribution in [0.4, 0.5) is 0 Å². The monoisotopic (exact) mass is 332 g/mol. The number of aliphatic hydroxyl groups excluding tert-OH is 1. The number of ketones is 1. The van der Waals surface area contributed by atoms with Crippen molar-refractivity contribution in [2.24, 2.45) is 34.5 Å². The predicted octanol–water partition coefficient (Wildman–Crippen LogP) is 3.73. The van der Waals surface area contributed by atoms with Crippen LogP contribution < -0.4 is 0 Å². The molecule has 5 fully saturated rings.